The van der Waals surface area contributed by atoms with Crippen molar-refractivity contribution in [3.8, 4) is 0 Å². The number of Topliss-reactive ketones (excluding diaryl/α,β-unsaturated/α-hetero) is 1. The van der Waals surface area contributed by atoms with Gasteiger partial charge in [-0.25, -0.2) is 9.18 Å². The average Bonchev–Trinajstić information content (AvgIpc) is 3.03. The van der Waals surface area contributed by atoms with Gasteiger partial charge >= 0.3 is 13.2 Å². The number of ketones is 1. The average molecular weight is 405 g/mol. The van der Waals surface area contributed by atoms with E-state index in [1.807, 2.05) is 27.7 Å². The number of carbonyl (C=O) groups excluding carboxylic acids is 2. The topological polar surface area (TPSA) is 65.1 Å². The first-order valence-electron chi connectivity index (χ1n) is 9.86. The van der Waals surface area contributed by atoms with Gasteiger partial charge in [0.05, 0.1) is 23.8 Å². The van der Waals surface area contributed by atoms with Crippen molar-refractivity contribution in [1.82, 2.24) is 4.90 Å². The van der Waals surface area contributed by atoms with Gasteiger partial charge in [0.15, 0.2) is 5.78 Å². The summed E-state index contributed by atoms with van der Waals surface area (Å²) in [7, 11) is -0.818. The predicted molar refractivity (Wildman–Crippen MR) is 107 cm³/mol. The molecule has 2 fully saturated rings. The van der Waals surface area contributed by atoms with Crippen molar-refractivity contribution < 1.29 is 28.0 Å². The lowest BCUT2D eigenvalue weighted by atomic mass is 9.78. The van der Waals surface area contributed by atoms with Crippen LogP contribution in [0.5, 0.6) is 0 Å². The van der Waals surface area contributed by atoms with Crippen LogP contribution in [0, 0.1) is 5.82 Å². The third kappa shape index (κ3) is 4.33. The van der Waals surface area contributed by atoms with Gasteiger partial charge in [-0.05, 0) is 60.1 Å². The molecule has 0 radical (unpaired) electrons. The molecule has 29 heavy (non-hydrogen) atoms. The van der Waals surface area contributed by atoms with E-state index in [2.05, 4.69) is 0 Å². The highest BCUT2D eigenvalue weighted by Gasteiger charge is 2.52. The summed E-state index contributed by atoms with van der Waals surface area (Å²) in [6, 6.07) is 4.10. The summed E-state index contributed by atoms with van der Waals surface area (Å²) in [4.78, 5) is 25.9. The lowest BCUT2D eigenvalue weighted by Crippen LogP contribution is -2.41. The van der Waals surface area contributed by atoms with E-state index < -0.39 is 41.9 Å². The van der Waals surface area contributed by atoms with Crippen LogP contribution >= 0.6 is 0 Å². The molecule has 1 amide bonds. The van der Waals surface area contributed by atoms with Gasteiger partial charge in [0.25, 0.3) is 0 Å². The maximum Gasteiger partial charge on any atom is 0.497 e. The van der Waals surface area contributed by atoms with Crippen molar-refractivity contribution in [1.29, 1.82) is 0 Å². The number of ether oxygens (including phenoxy) is 1. The lowest BCUT2D eigenvalue weighted by molar-refractivity contribution is -0.117. The molecule has 2 aliphatic heterocycles. The van der Waals surface area contributed by atoms with Gasteiger partial charge in [-0.1, -0.05) is 12.1 Å². The molecule has 1 atom stereocenters. The summed E-state index contributed by atoms with van der Waals surface area (Å²) >= 11 is 0. The maximum atomic E-state index is 15.0. The molecule has 2 heterocycles. The first-order chi connectivity index (χ1) is 13.2. The molecule has 8 heteroatoms. The molecule has 0 spiro atoms. The van der Waals surface area contributed by atoms with E-state index in [1.54, 1.807) is 32.9 Å². The van der Waals surface area contributed by atoms with Crippen LogP contribution in [0.25, 0.3) is 0 Å². The largest absolute Gasteiger partial charge is 0.497 e. The SMILES string of the molecule is CC(C)(C)OC(=O)N1CC(=O)CC1c1ccc(B2OC(C)(C)C(C)(C)O2)c(F)c1. The highest BCUT2D eigenvalue weighted by atomic mass is 19.1. The van der Waals surface area contributed by atoms with Gasteiger partial charge < -0.3 is 14.0 Å². The number of nitrogens with zero attached hydrogens (tertiary/aromatic N) is 1. The Hall–Kier alpha value is -1.93. The summed E-state index contributed by atoms with van der Waals surface area (Å²) in [5.41, 5.74) is -0.999. The van der Waals surface area contributed by atoms with Crippen LogP contribution in [0.1, 0.15) is 66.5 Å². The Morgan fingerprint density at radius 1 is 1.21 bits per heavy atom. The monoisotopic (exact) mass is 405 g/mol. The number of amides is 1. The zero-order valence-corrected chi connectivity index (χ0v) is 18.2. The zero-order chi connectivity index (χ0) is 21.8. The zero-order valence-electron chi connectivity index (χ0n) is 18.2. The van der Waals surface area contributed by atoms with Crippen molar-refractivity contribution in [2.75, 3.05) is 6.54 Å². The van der Waals surface area contributed by atoms with Crippen LogP contribution in [0.15, 0.2) is 18.2 Å². The molecule has 0 saturated carbocycles. The minimum absolute atomic E-state index is 0.0415. The van der Waals surface area contributed by atoms with Crippen LogP contribution < -0.4 is 5.46 Å². The number of hydrogen-bond donors (Lipinski definition) is 0. The fourth-order valence-corrected chi connectivity index (χ4v) is 3.41. The van der Waals surface area contributed by atoms with Gasteiger partial charge in [-0.3, -0.25) is 9.69 Å². The van der Waals surface area contributed by atoms with E-state index >= 15 is 0 Å². The second kappa shape index (κ2) is 7.09. The molecule has 0 bridgehead atoms. The maximum absolute atomic E-state index is 15.0. The highest BCUT2D eigenvalue weighted by Crippen LogP contribution is 2.37. The molecular weight excluding hydrogens is 376 g/mol. The lowest BCUT2D eigenvalue weighted by Gasteiger charge is -2.32. The van der Waals surface area contributed by atoms with Gasteiger partial charge in [0.1, 0.15) is 11.4 Å². The summed E-state index contributed by atoms with van der Waals surface area (Å²) in [6.07, 6.45) is -0.446. The fraction of sp³-hybridized carbons (Fsp3) is 0.619. The number of hydrogen-bond acceptors (Lipinski definition) is 5. The van der Waals surface area contributed by atoms with Crippen molar-refractivity contribution in [2.45, 2.75) is 77.7 Å². The third-order valence-electron chi connectivity index (χ3n) is 5.69. The third-order valence-corrected chi connectivity index (χ3v) is 5.69. The normalized spacial score (nSPS) is 23.6. The van der Waals surface area contributed by atoms with E-state index in [0.717, 1.165) is 0 Å². The van der Waals surface area contributed by atoms with Crippen LogP contribution in [-0.4, -0.2) is 47.2 Å². The van der Waals surface area contributed by atoms with E-state index in [1.165, 1.54) is 11.0 Å². The van der Waals surface area contributed by atoms with E-state index in [4.69, 9.17) is 14.0 Å². The van der Waals surface area contributed by atoms with Crippen LogP contribution in [0.4, 0.5) is 9.18 Å². The Morgan fingerprint density at radius 2 is 1.79 bits per heavy atom. The first-order valence-corrected chi connectivity index (χ1v) is 9.86. The Labute approximate surface area is 171 Å². The second-order valence-electron chi connectivity index (χ2n) is 9.74. The molecule has 1 unspecified atom stereocenters. The minimum atomic E-state index is -0.818. The Bertz CT molecular complexity index is 817. The standard InChI is InChI=1S/C21H29BFNO5/c1-19(2,3)27-18(26)24-12-14(25)11-17(24)13-8-9-15(16(23)10-13)22-28-20(4,5)21(6,7)29-22/h8-10,17H,11-12H2,1-7H3. The van der Waals surface area contributed by atoms with Crippen LogP contribution in [-0.2, 0) is 18.8 Å². The van der Waals surface area contributed by atoms with Crippen molar-refractivity contribution >= 4 is 24.5 Å². The van der Waals surface area contributed by atoms with Gasteiger partial charge in [0, 0.05) is 11.9 Å². The first kappa shape index (κ1) is 21.8. The van der Waals surface area contributed by atoms with E-state index in [0.29, 0.717) is 11.0 Å². The molecule has 1 aromatic rings. The highest BCUT2D eigenvalue weighted by molar-refractivity contribution is 6.62. The number of likely N-dealkylation sites (tertiary alicyclic amines) is 1. The van der Waals surface area contributed by atoms with Crippen molar-refractivity contribution in [3.05, 3.63) is 29.6 Å². The summed E-state index contributed by atoms with van der Waals surface area (Å²) in [5, 5.41) is 0. The van der Waals surface area contributed by atoms with Gasteiger partial charge in [-0.2, -0.15) is 0 Å². The summed E-state index contributed by atoms with van der Waals surface area (Å²) < 4.78 is 32.2. The summed E-state index contributed by atoms with van der Waals surface area (Å²) in [5.74, 6) is -0.583. The minimum Gasteiger partial charge on any atom is -0.444 e. The van der Waals surface area contributed by atoms with Crippen LogP contribution in [0.2, 0.25) is 0 Å². The molecule has 6 nitrogen and oxygen atoms in total. The Kier molecular flexibility index (Phi) is 5.33. The molecule has 2 aliphatic rings. The van der Waals surface area contributed by atoms with Gasteiger partial charge in [-0.15, -0.1) is 0 Å². The van der Waals surface area contributed by atoms with Crippen molar-refractivity contribution in [2.24, 2.45) is 0 Å². The molecular formula is C21H29BFNO5. The summed E-state index contributed by atoms with van der Waals surface area (Å²) in [6.45, 7) is 12.9. The molecule has 0 aliphatic carbocycles. The Balaban J connectivity index is 1.84. The molecule has 0 aromatic heterocycles. The molecule has 0 N–H and O–H groups in total. The molecule has 3 rings (SSSR count). The van der Waals surface area contributed by atoms with Gasteiger partial charge in [0.2, 0.25) is 0 Å². The molecule has 158 valence electrons. The number of carbonyl (C=O) groups is 2. The molecule has 1 aromatic carbocycles. The second-order valence-corrected chi connectivity index (χ2v) is 9.74. The number of rotatable bonds is 2. The van der Waals surface area contributed by atoms with E-state index in [-0.39, 0.29) is 18.7 Å². The van der Waals surface area contributed by atoms with E-state index in [9.17, 15) is 14.0 Å². The Morgan fingerprint density at radius 3 is 2.31 bits per heavy atom. The number of benzene rings is 1. The quantitative estimate of drug-likeness (QED) is 0.706. The predicted octanol–water partition coefficient (Wildman–Crippen LogP) is 3.38. The van der Waals surface area contributed by atoms with Crippen LogP contribution in [0.3, 0.4) is 0 Å². The fourth-order valence-electron chi connectivity index (χ4n) is 3.41. The smallest absolute Gasteiger partial charge is 0.444 e. The van der Waals surface area contributed by atoms with Crippen molar-refractivity contribution in [3.63, 3.8) is 0 Å². The molecule has 2 saturated heterocycles. The number of halogens is 1.